The molecule has 2 nitrogen and oxygen atoms in total. The van der Waals surface area contributed by atoms with E-state index in [1.807, 2.05) is 12.1 Å². The molecule has 0 amide bonds. The van der Waals surface area contributed by atoms with Crippen LogP contribution < -0.4 is 0 Å². The summed E-state index contributed by atoms with van der Waals surface area (Å²) in [4.78, 5) is 4.59. The standard InChI is InChI=1S/C16H21Cl3N2/c1-9(2)11(10(3)4)8-21-15-6-13(19)12(18)5-14(15)20-16(21)7-17/h5-6,9-11H,7-8H2,1-4H3. The van der Waals surface area contributed by atoms with Gasteiger partial charge in [-0.15, -0.1) is 11.6 Å². The number of imidazole rings is 1. The number of benzene rings is 1. The number of halogens is 3. The van der Waals surface area contributed by atoms with Crippen LogP contribution in [0, 0.1) is 17.8 Å². The molecule has 0 saturated carbocycles. The van der Waals surface area contributed by atoms with Gasteiger partial charge in [-0.2, -0.15) is 0 Å². The van der Waals surface area contributed by atoms with Gasteiger partial charge in [0.05, 0.1) is 27.0 Å². The van der Waals surface area contributed by atoms with Gasteiger partial charge in [-0.3, -0.25) is 0 Å². The lowest BCUT2D eigenvalue weighted by molar-refractivity contribution is 0.252. The lowest BCUT2D eigenvalue weighted by atomic mass is 9.85. The van der Waals surface area contributed by atoms with Crippen molar-refractivity contribution in [2.75, 3.05) is 0 Å². The van der Waals surface area contributed by atoms with E-state index in [2.05, 4.69) is 37.2 Å². The SMILES string of the molecule is CC(C)C(Cn1c(CCl)nc2cc(Cl)c(Cl)cc21)C(C)C. The van der Waals surface area contributed by atoms with E-state index < -0.39 is 0 Å². The Kier molecular flexibility index (Phi) is 5.45. The molecule has 1 aromatic carbocycles. The molecular formula is C16H21Cl3N2. The van der Waals surface area contributed by atoms with Crippen LogP contribution in [-0.2, 0) is 12.4 Å². The number of aromatic nitrogens is 2. The van der Waals surface area contributed by atoms with Crippen molar-refractivity contribution in [1.29, 1.82) is 0 Å². The van der Waals surface area contributed by atoms with E-state index in [9.17, 15) is 0 Å². The van der Waals surface area contributed by atoms with E-state index in [4.69, 9.17) is 34.8 Å². The average Bonchev–Trinajstić information content (AvgIpc) is 2.73. The summed E-state index contributed by atoms with van der Waals surface area (Å²) < 4.78 is 2.19. The molecule has 0 radical (unpaired) electrons. The number of hydrogen-bond donors (Lipinski definition) is 0. The minimum absolute atomic E-state index is 0.382. The van der Waals surface area contributed by atoms with Gasteiger partial charge in [0.1, 0.15) is 5.82 Å². The van der Waals surface area contributed by atoms with Crippen LogP contribution in [0.25, 0.3) is 11.0 Å². The molecule has 116 valence electrons. The van der Waals surface area contributed by atoms with Crippen molar-refractivity contribution in [3.63, 3.8) is 0 Å². The maximum Gasteiger partial charge on any atom is 0.124 e. The van der Waals surface area contributed by atoms with E-state index in [-0.39, 0.29) is 0 Å². The lowest BCUT2D eigenvalue weighted by Gasteiger charge is -2.26. The molecule has 1 aromatic heterocycles. The number of rotatable bonds is 5. The Balaban J connectivity index is 2.53. The van der Waals surface area contributed by atoms with Crippen molar-refractivity contribution < 1.29 is 0 Å². The Bertz CT molecular complexity index is 624. The molecular weight excluding hydrogens is 327 g/mol. The van der Waals surface area contributed by atoms with E-state index in [0.717, 1.165) is 23.4 Å². The summed E-state index contributed by atoms with van der Waals surface area (Å²) in [6, 6.07) is 3.70. The van der Waals surface area contributed by atoms with Gasteiger partial charge in [0.25, 0.3) is 0 Å². The highest BCUT2D eigenvalue weighted by atomic mass is 35.5. The highest BCUT2D eigenvalue weighted by molar-refractivity contribution is 6.42. The highest BCUT2D eigenvalue weighted by Crippen LogP contribution is 2.31. The van der Waals surface area contributed by atoms with Crippen molar-refractivity contribution in [2.45, 2.75) is 40.1 Å². The molecule has 0 aliphatic rings. The Hall–Kier alpha value is -0.440. The summed E-state index contributed by atoms with van der Waals surface area (Å²) in [6.45, 7) is 9.93. The molecule has 21 heavy (non-hydrogen) atoms. The zero-order chi connectivity index (χ0) is 15.7. The van der Waals surface area contributed by atoms with Crippen LogP contribution in [0.15, 0.2) is 12.1 Å². The van der Waals surface area contributed by atoms with Gasteiger partial charge in [-0.1, -0.05) is 50.9 Å². The molecule has 5 heteroatoms. The fourth-order valence-corrected chi connectivity index (χ4v) is 3.40. The number of nitrogens with zero attached hydrogens (tertiary/aromatic N) is 2. The van der Waals surface area contributed by atoms with Crippen LogP contribution in [0.4, 0.5) is 0 Å². The maximum absolute atomic E-state index is 6.17. The van der Waals surface area contributed by atoms with E-state index in [1.165, 1.54) is 0 Å². The average molecular weight is 348 g/mol. The minimum atomic E-state index is 0.382. The molecule has 0 fully saturated rings. The molecule has 2 aromatic rings. The first kappa shape index (κ1) is 16.9. The Labute approximate surface area is 141 Å². The smallest absolute Gasteiger partial charge is 0.124 e. The zero-order valence-electron chi connectivity index (χ0n) is 12.8. The van der Waals surface area contributed by atoms with Crippen LogP contribution >= 0.6 is 34.8 Å². The third kappa shape index (κ3) is 3.49. The van der Waals surface area contributed by atoms with Crippen LogP contribution in [0.3, 0.4) is 0 Å². The molecule has 1 heterocycles. The first-order chi connectivity index (χ1) is 9.85. The molecule has 0 bridgehead atoms. The molecule has 0 saturated heterocycles. The van der Waals surface area contributed by atoms with Gasteiger partial charge < -0.3 is 4.57 Å². The third-order valence-corrected chi connectivity index (χ3v) is 5.06. The molecule has 0 aliphatic carbocycles. The highest BCUT2D eigenvalue weighted by Gasteiger charge is 2.21. The molecule has 0 unspecified atom stereocenters. The van der Waals surface area contributed by atoms with Crippen molar-refractivity contribution in [3.8, 4) is 0 Å². The summed E-state index contributed by atoms with van der Waals surface area (Å²) >= 11 is 18.3. The molecule has 0 spiro atoms. The fourth-order valence-electron chi connectivity index (χ4n) is 2.88. The van der Waals surface area contributed by atoms with Gasteiger partial charge in [-0.25, -0.2) is 4.98 Å². The van der Waals surface area contributed by atoms with E-state index in [1.54, 1.807) is 0 Å². The topological polar surface area (TPSA) is 17.8 Å². The van der Waals surface area contributed by atoms with Gasteiger partial charge in [0.2, 0.25) is 0 Å². The summed E-state index contributed by atoms with van der Waals surface area (Å²) in [7, 11) is 0. The van der Waals surface area contributed by atoms with Crippen molar-refractivity contribution in [3.05, 3.63) is 28.0 Å². The Morgan fingerprint density at radius 2 is 1.62 bits per heavy atom. The lowest BCUT2D eigenvalue weighted by Crippen LogP contribution is -2.22. The largest absolute Gasteiger partial charge is 0.327 e. The third-order valence-electron chi connectivity index (χ3n) is 4.09. The minimum Gasteiger partial charge on any atom is -0.327 e. The fraction of sp³-hybridized carbons (Fsp3) is 0.562. The van der Waals surface area contributed by atoms with Crippen LogP contribution in [0.1, 0.15) is 33.5 Å². The van der Waals surface area contributed by atoms with E-state index in [0.29, 0.717) is 33.7 Å². The van der Waals surface area contributed by atoms with Crippen LogP contribution in [-0.4, -0.2) is 9.55 Å². The van der Waals surface area contributed by atoms with Gasteiger partial charge in [0, 0.05) is 6.54 Å². The van der Waals surface area contributed by atoms with Crippen LogP contribution in [0.2, 0.25) is 10.0 Å². The van der Waals surface area contributed by atoms with Gasteiger partial charge in [-0.05, 0) is 29.9 Å². The molecule has 0 atom stereocenters. The van der Waals surface area contributed by atoms with Crippen molar-refractivity contribution in [1.82, 2.24) is 9.55 Å². The molecule has 0 aliphatic heterocycles. The molecule has 0 N–H and O–H groups in total. The number of alkyl halides is 1. The van der Waals surface area contributed by atoms with Crippen LogP contribution in [0.5, 0.6) is 0 Å². The molecule has 2 rings (SSSR count). The predicted octanol–water partition coefficient (Wildman–Crippen LogP) is 6.01. The van der Waals surface area contributed by atoms with Gasteiger partial charge >= 0.3 is 0 Å². The quantitative estimate of drug-likeness (QED) is 0.605. The summed E-state index contributed by atoms with van der Waals surface area (Å²) in [6.07, 6.45) is 0. The number of hydrogen-bond acceptors (Lipinski definition) is 1. The maximum atomic E-state index is 6.17. The summed E-state index contributed by atoms with van der Waals surface area (Å²) in [5.41, 5.74) is 1.86. The normalized spacial score (nSPS) is 12.3. The van der Waals surface area contributed by atoms with E-state index >= 15 is 0 Å². The second-order valence-corrected chi connectivity index (χ2v) is 7.26. The second kappa shape index (κ2) is 6.76. The zero-order valence-corrected chi connectivity index (χ0v) is 15.1. The second-order valence-electron chi connectivity index (χ2n) is 6.18. The Morgan fingerprint density at radius 1 is 1.05 bits per heavy atom. The summed E-state index contributed by atoms with van der Waals surface area (Å²) in [5.74, 6) is 2.99. The van der Waals surface area contributed by atoms with Crippen molar-refractivity contribution >= 4 is 45.8 Å². The first-order valence-electron chi connectivity index (χ1n) is 7.25. The number of fused-ring (bicyclic) bond motifs is 1. The predicted molar refractivity (Wildman–Crippen MR) is 92.5 cm³/mol. The first-order valence-corrected chi connectivity index (χ1v) is 8.54. The Morgan fingerprint density at radius 3 is 2.14 bits per heavy atom. The monoisotopic (exact) mass is 346 g/mol. The summed E-state index contributed by atoms with van der Waals surface area (Å²) in [5, 5.41) is 1.08. The van der Waals surface area contributed by atoms with Gasteiger partial charge in [0.15, 0.2) is 0 Å². The van der Waals surface area contributed by atoms with Crippen molar-refractivity contribution in [2.24, 2.45) is 17.8 Å².